The van der Waals surface area contributed by atoms with Crippen molar-refractivity contribution in [3.05, 3.63) is 35.8 Å². The number of aromatic nitrogens is 2. The molecule has 94 valence electrons. The van der Waals surface area contributed by atoms with Gasteiger partial charge in [0.05, 0.1) is 7.11 Å². The predicted molar refractivity (Wildman–Crippen MR) is 66.9 cm³/mol. The Morgan fingerprint density at radius 1 is 1.33 bits per heavy atom. The van der Waals surface area contributed by atoms with Crippen LogP contribution in [0.3, 0.4) is 0 Å². The Morgan fingerprint density at radius 3 is 2.44 bits per heavy atom. The van der Waals surface area contributed by atoms with Crippen LogP contribution in [0.1, 0.15) is 16.3 Å². The molecule has 0 bridgehead atoms. The maximum absolute atomic E-state index is 11.3. The average molecular weight is 246 g/mol. The largest absolute Gasteiger partial charge is 0.497 e. The number of hydrogen-bond donors (Lipinski definition) is 1. The van der Waals surface area contributed by atoms with E-state index in [0.717, 1.165) is 11.3 Å². The maximum atomic E-state index is 11.3. The number of ether oxygens (including phenoxy) is 1. The first kappa shape index (κ1) is 12.2. The van der Waals surface area contributed by atoms with Gasteiger partial charge in [0, 0.05) is 12.6 Å². The maximum Gasteiger partial charge on any atom is 0.354 e. The summed E-state index contributed by atoms with van der Waals surface area (Å²) in [7, 11) is 3.28. The fourth-order valence-corrected chi connectivity index (χ4v) is 1.81. The summed E-state index contributed by atoms with van der Waals surface area (Å²) in [5.74, 6) is 0.408. The number of aryl methyl sites for hydroxylation is 1. The molecular formula is C13H14N2O3. The molecule has 0 radical (unpaired) electrons. The van der Waals surface area contributed by atoms with Gasteiger partial charge in [-0.1, -0.05) is 0 Å². The summed E-state index contributed by atoms with van der Waals surface area (Å²) in [5.41, 5.74) is 1.43. The fraction of sp³-hybridized carbons (Fsp3) is 0.231. The topological polar surface area (TPSA) is 64.4 Å². The van der Waals surface area contributed by atoms with Crippen LogP contribution in [0.25, 0.3) is 11.3 Å². The second-order valence-corrected chi connectivity index (χ2v) is 3.95. The Kier molecular flexibility index (Phi) is 3.06. The van der Waals surface area contributed by atoms with Gasteiger partial charge < -0.3 is 14.4 Å². The molecular weight excluding hydrogens is 232 g/mol. The van der Waals surface area contributed by atoms with Crippen molar-refractivity contribution in [3.63, 3.8) is 0 Å². The highest BCUT2D eigenvalue weighted by atomic mass is 16.5. The first-order chi connectivity index (χ1) is 8.54. The van der Waals surface area contributed by atoms with Crippen LogP contribution in [0.5, 0.6) is 5.75 Å². The lowest BCUT2D eigenvalue weighted by Gasteiger charge is -2.03. The van der Waals surface area contributed by atoms with E-state index in [0.29, 0.717) is 11.5 Å². The molecule has 2 aromatic rings. The summed E-state index contributed by atoms with van der Waals surface area (Å²) in [6.45, 7) is 1.78. The van der Waals surface area contributed by atoms with Crippen LogP contribution < -0.4 is 4.74 Å². The minimum absolute atomic E-state index is 0.192. The zero-order chi connectivity index (χ0) is 13.3. The van der Waals surface area contributed by atoms with Crippen molar-refractivity contribution in [1.82, 2.24) is 9.55 Å². The van der Waals surface area contributed by atoms with Gasteiger partial charge in [0.15, 0.2) is 5.69 Å². The lowest BCUT2D eigenvalue weighted by Crippen LogP contribution is -2.06. The number of nitrogens with zero attached hydrogens (tertiary/aromatic N) is 2. The van der Waals surface area contributed by atoms with Crippen molar-refractivity contribution in [2.75, 3.05) is 7.11 Å². The van der Waals surface area contributed by atoms with Crippen LogP contribution in [0.2, 0.25) is 0 Å². The van der Waals surface area contributed by atoms with Crippen molar-refractivity contribution < 1.29 is 14.6 Å². The molecule has 0 saturated carbocycles. The zero-order valence-electron chi connectivity index (χ0n) is 10.5. The number of carbonyl (C=O) groups is 1. The van der Waals surface area contributed by atoms with E-state index >= 15 is 0 Å². The molecule has 0 aliphatic heterocycles. The monoisotopic (exact) mass is 246 g/mol. The standard InChI is InChI=1S/C13H14N2O3/c1-8-14-11(12(13(16)17)15(8)2)9-4-6-10(18-3)7-5-9/h4-7H,1-3H3,(H,16,17). The molecule has 0 aliphatic rings. The van der Waals surface area contributed by atoms with Crippen molar-refractivity contribution >= 4 is 5.97 Å². The normalized spacial score (nSPS) is 10.4. The number of hydrogen-bond acceptors (Lipinski definition) is 3. The van der Waals surface area contributed by atoms with E-state index in [1.54, 1.807) is 49.9 Å². The molecule has 0 unspecified atom stereocenters. The van der Waals surface area contributed by atoms with E-state index in [4.69, 9.17) is 4.74 Å². The van der Waals surface area contributed by atoms with Gasteiger partial charge in [-0.25, -0.2) is 9.78 Å². The quantitative estimate of drug-likeness (QED) is 0.900. The van der Waals surface area contributed by atoms with Crippen LogP contribution in [-0.4, -0.2) is 27.7 Å². The molecule has 2 rings (SSSR count). The number of aromatic carboxylic acids is 1. The Labute approximate surface area is 105 Å². The lowest BCUT2D eigenvalue weighted by atomic mass is 10.1. The summed E-state index contributed by atoms with van der Waals surface area (Å²) in [6, 6.07) is 7.16. The highest BCUT2D eigenvalue weighted by molar-refractivity contribution is 5.93. The van der Waals surface area contributed by atoms with Crippen LogP contribution in [0.15, 0.2) is 24.3 Å². The number of methoxy groups -OCH3 is 1. The third kappa shape index (κ3) is 1.95. The van der Waals surface area contributed by atoms with E-state index in [2.05, 4.69) is 4.98 Å². The highest BCUT2D eigenvalue weighted by Crippen LogP contribution is 2.25. The van der Waals surface area contributed by atoms with Crippen molar-refractivity contribution in [2.24, 2.45) is 7.05 Å². The molecule has 0 saturated heterocycles. The van der Waals surface area contributed by atoms with Crippen LogP contribution in [-0.2, 0) is 7.05 Å². The molecule has 5 heteroatoms. The average Bonchev–Trinajstić information content (AvgIpc) is 2.66. The van der Waals surface area contributed by atoms with Crippen molar-refractivity contribution in [1.29, 1.82) is 0 Å². The summed E-state index contributed by atoms with van der Waals surface area (Å²) in [4.78, 5) is 15.6. The van der Waals surface area contributed by atoms with Crippen molar-refractivity contribution in [3.8, 4) is 17.0 Å². The third-order valence-corrected chi connectivity index (χ3v) is 2.88. The Bertz CT molecular complexity index is 585. The molecule has 5 nitrogen and oxygen atoms in total. The Hall–Kier alpha value is -2.30. The van der Waals surface area contributed by atoms with Gasteiger partial charge >= 0.3 is 5.97 Å². The van der Waals surface area contributed by atoms with Gasteiger partial charge in [0.2, 0.25) is 0 Å². The molecule has 18 heavy (non-hydrogen) atoms. The molecule has 0 fully saturated rings. The van der Waals surface area contributed by atoms with Crippen LogP contribution in [0, 0.1) is 6.92 Å². The minimum Gasteiger partial charge on any atom is -0.497 e. The van der Waals surface area contributed by atoms with Gasteiger partial charge in [0.1, 0.15) is 17.3 Å². The molecule has 0 aliphatic carbocycles. The first-order valence-electron chi connectivity index (χ1n) is 5.45. The number of rotatable bonds is 3. The summed E-state index contributed by atoms with van der Waals surface area (Å²) in [5, 5.41) is 9.24. The van der Waals surface area contributed by atoms with E-state index in [9.17, 15) is 9.90 Å². The van der Waals surface area contributed by atoms with E-state index < -0.39 is 5.97 Å². The second-order valence-electron chi connectivity index (χ2n) is 3.95. The molecule has 1 N–H and O–H groups in total. The smallest absolute Gasteiger partial charge is 0.354 e. The molecule has 1 aromatic heterocycles. The second kappa shape index (κ2) is 4.52. The van der Waals surface area contributed by atoms with Gasteiger partial charge in [-0.2, -0.15) is 0 Å². The number of benzene rings is 1. The van der Waals surface area contributed by atoms with Crippen molar-refractivity contribution in [2.45, 2.75) is 6.92 Å². The highest BCUT2D eigenvalue weighted by Gasteiger charge is 2.19. The van der Waals surface area contributed by atoms with E-state index in [1.807, 2.05) is 0 Å². The SMILES string of the molecule is COc1ccc(-c2nc(C)n(C)c2C(=O)O)cc1. The summed E-state index contributed by atoms with van der Waals surface area (Å²) >= 11 is 0. The number of carboxylic acids is 1. The summed E-state index contributed by atoms with van der Waals surface area (Å²) in [6.07, 6.45) is 0. The summed E-state index contributed by atoms with van der Waals surface area (Å²) < 4.78 is 6.64. The zero-order valence-corrected chi connectivity index (χ0v) is 10.5. The molecule has 0 amide bonds. The molecule has 1 heterocycles. The van der Waals surface area contributed by atoms with Gasteiger partial charge in [-0.15, -0.1) is 0 Å². The van der Waals surface area contributed by atoms with Crippen LogP contribution in [0.4, 0.5) is 0 Å². The van der Waals surface area contributed by atoms with Gasteiger partial charge in [0.25, 0.3) is 0 Å². The lowest BCUT2D eigenvalue weighted by molar-refractivity contribution is 0.0687. The minimum atomic E-state index is -0.982. The van der Waals surface area contributed by atoms with E-state index in [-0.39, 0.29) is 5.69 Å². The van der Waals surface area contributed by atoms with Gasteiger partial charge in [-0.05, 0) is 31.2 Å². The van der Waals surface area contributed by atoms with Crippen LogP contribution >= 0.6 is 0 Å². The Balaban J connectivity index is 2.56. The fourth-order valence-electron chi connectivity index (χ4n) is 1.81. The molecule has 0 spiro atoms. The predicted octanol–water partition coefficient (Wildman–Crippen LogP) is 2.10. The van der Waals surface area contributed by atoms with E-state index in [1.165, 1.54) is 0 Å². The molecule has 0 atom stereocenters. The third-order valence-electron chi connectivity index (χ3n) is 2.88. The Morgan fingerprint density at radius 2 is 1.94 bits per heavy atom. The molecule has 1 aromatic carbocycles. The number of imidazole rings is 1. The van der Waals surface area contributed by atoms with Gasteiger partial charge in [-0.3, -0.25) is 0 Å². The number of carboxylic acid groups (broad SMARTS) is 1. The first-order valence-corrected chi connectivity index (χ1v) is 5.45.